The highest BCUT2D eigenvalue weighted by molar-refractivity contribution is 8.21. The molecule has 0 radical (unpaired) electrons. The van der Waals surface area contributed by atoms with E-state index in [-0.39, 0.29) is 0 Å². The summed E-state index contributed by atoms with van der Waals surface area (Å²) in [5.74, 6) is 0. The van der Waals surface area contributed by atoms with Crippen molar-refractivity contribution in [3.63, 3.8) is 0 Å². The zero-order valence-electron chi connectivity index (χ0n) is 8.69. The van der Waals surface area contributed by atoms with Crippen molar-refractivity contribution < 1.29 is 0 Å². The number of benzene rings is 1. The van der Waals surface area contributed by atoms with Crippen LogP contribution >= 0.6 is 23.5 Å². The molecule has 0 aliphatic rings. The Hall–Kier alpha value is -0.340. The molecule has 0 amide bonds. The van der Waals surface area contributed by atoms with Crippen molar-refractivity contribution in [2.45, 2.75) is 12.8 Å². The predicted octanol–water partition coefficient (Wildman–Crippen LogP) is 4.19. The normalized spacial score (nSPS) is 9.86. The molecular formula is C12H16S2. The Morgan fingerprint density at radius 2 is 1.79 bits per heavy atom. The first-order valence-electron chi connectivity index (χ1n) is 4.69. The van der Waals surface area contributed by atoms with Crippen LogP contribution in [0.1, 0.15) is 12.0 Å². The zero-order valence-corrected chi connectivity index (χ0v) is 10.3. The van der Waals surface area contributed by atoms with E-state index in [9.17, 15) is 0 Å². The lowest BCUT2D eigenvalue weighted by Crippen LogP contribution is -1.81. The molecule has 0 atom stereocenters. The van der Waals surface area contributed by atoms with Gasteiger partial charge in [0.1, 0.15) is 0 Å². The Kier molecular flexibility index (Phi) is 5.88. The van der Waals surface area contributed by atoms with Gasteiger partial charge in [0.05, 0.1) is 0 Å². The Labute approximate surface area is 95.2 Å². The van der Waals surface area contributed by atoms with Gasteiger partial charge in [-0.3, -0.25) is 0 Å². The molecule has 0 heterocycles. The van der Waals surface area contributed by atoms with Crippen LogP contribution in [0.3, 0.4) is 0 Å². The molecule has 0 aliphatic heterocycles. The smallest absolute Gasteiger partial charge is 0.0355 e. The third-order valence-electron chi connectivity index (χ3n) is 1.99. The summed E-state index contributed by atoms with van der Waals surface area (Å²) >= 11 is 3.66. The summed E-state index contributed by atoms with van der Waals surface area (Å²) in [5.41, 5.74) is 1.42. The lowest BCUT2D eigenvalue weighted by Gasteiger charge is -2.00. The summed E-state index contributed by atoms with van der Waals surface area (Å²) in [6, 6.07) is 10.6. The van der Waals surface area contributed by atoms with Gasteiger partial charge in [0.15, 0.2) is 0 Å². The molecule has 0 nitrogen and oxygen atoms in total. The van der Waals surface area contributed by atoms with E-state index in [0.29, 0.717) is 0 Å². The van der Waals surface area contributed by atoms with Gasteiger partial charge in [0, 0.05) is 4.24 Å². The molecule has 1 aromatic carbocycles. The average Bonchev–Trinajstić information content (AvgIpc) is 2.26. The highest BCUT2D eigenvalue weighted by atomic mass is 32.2. The van der Waals surface area contributed by atoms with Gasteiger partial charge in [0.25, 0.3) is 0 Å². The molecule has 0 saturated heterocycles. The van der Waals surface area contributed by atoms with Gasteiger partial charge in [-0.15, -0.1) is 23.5 Å². The lowest BCUT2D eigenvalue weighted by atomic mass is 10.1. The van der Waals surface area contributed by atoms with E-state index in [1.807, 2.05) is 23.5 Å². The summed E-state index contributed by atoms with van der Waals surface area (Å²) in [6.45, 7) is 0. The highest BCUT2D eigenvalue weighted by Crippen LogP contribution is 2.23. The SMILES string of the molecule is CSC(=CCCc1ccccc1)SC. The third-order valence-corrected chi connectivity index (χ3v) is 4.13. The number of rotatable bonds is 5. The molecule has 0 aromatic heterocycles. The number of thioether (sulfide) groups is 2. The molecule has 1 rings (SSSR count). The number of allylic oxidation sites excluding steroid dienone is 1. The van der Waals surface area contributed by atoms with Crippen LogP contribution in [-0.2, 0) is 6.42 Å². The monoisotopic (exact) mass is 224 g/mol. The summed E-state index contributed by atoms with van der Waals surface area (Å²) in [6.07, 6.45) is 8.87. The molecule has 76 valence electrons. The van der Waals surface area contributed by atoms with E-state index in [4.69, 9.17) is 0 Å². The van der Waals surface area contributed by atoms with Crippen molar-refractivity contribution in [2.75, 3.05) is 12.5 Å². The second-order valence-electron chi connectivity index (χ2n) is 2.96. The highest BCUT2D eigenvalue weighted by Gasteiger charge is 1.92. The van der Waals surface area contributed by atoms with Gasteiger partial charge in [-0.25, -0.2) is 0 Å². The molecule has 0 unspecified atom stereocenters. The molecule has 0 fully saturated rings. The van der Waals surface area contributed by atoms with Gasteiger partial charge in [-0.05, 0) is 30.9 Å². The number of aryl methyl sites for hydroxylation is 1. The quantitative estimate of drug-likeness (QED) is 0.735. The van der Waals surface area contributed by atoms with Crippen LogP contribution in [0.2, 0.25) is 0 Å². The van der Waals surface area contributed by atoms with E-state index in [1.54, 1.807) is 0 Å². The maximum Gasteiger partial charge on any atom is 0.0355 e. The Morgan fingerprint density at radius 1 is 1.14 bits per heavy atom. The first-order valence-corrected chi connectivity index (χ1v) is 7.14. The first kappa shape index (κ1) is 11.7. The maximum atomic E-state index is 2.32. The molecule has 0 bridgehead atoms. The minimum atomic E-state index is 1.14. The molecule has 1 aromatic rings. The fourth-order valence-corrected chi connectivity index (χ4v) is 2.49. The largest absolute Gasteiger partial charge is 0.123 e. The van der Waals surface area contributed by atoms with Crippen LogP contribution in [0.5, 0.6) is 0 Å². The van der Waals surface area contributed by atoms with Crippen molar-refractivity contribution in [3.8, 4) is 0 Å². The Balaban J connectivity index is 2.38. The van der Waals surface area contributed by atoms with E-state index in [1.165, 1.54) is 9.80 Å². The fraction of sp³-hybridized carbons (Fsp3) is 0.333. The molecule has 0 N–H and O–H groups in total. The summed E-state index contributed by atoms with van der Waals surface area (Å²) < 4.78 is 1.42. The van der Waals surface area contributed by atoms with Crippen molar-refractivity contribution >= 4 is 23.5 Å². The third kappa shape index (κ3) is 4.25. The van der Waals surface area contributed by atoms with Crippen LogP contribution in [0, 0.1) is 0 Å². The van der Waals surface area contributed by atoms with Crippen LogP contribution in [0.25, 0.3) is 0 Å². The first-order chi connectivity index (χ1) is 6.86. The molecular weight excluding hydrogens is 208 g/mol. The van der Waals surface area contributed by atoms with Crippen LogP contribution in [0.4, 0.5) is 0 Å². The van der Waals surface area contributed by atoms with Gasteiger partial charge in [0.2, 0.25) is 0 Å². The van der Waals surface area contributed by atoms with Crippen LogP contribution in [0.15, 0.2) is 40.6 Å². The Bertz CT molecular complexity index is 272. The van der Waals surface area contributed by atoms with Crippen molar-refractivity contribution in [3.05, 3.63) is 46.2 Å². The van der Waals surface area contributed by atoms with Crippen LogP contribution in [-0.4, -0.2) is 12.5 Å². The van der Waals surface area contributed by atoms with E-state index < -0.39 is 0 Å². The average molecular weight is 224 g/mol. The summed E-state index contributed by atoms with van der Waals surface area (Å²) in [7, 11) is 0. The standard InChI is InChI=1S/C12H16S2/c1-13-12(14-2)10-6-9-11-7-4-3-5-8-11/h3-5,7-8,10H,6,9H2,1-2H3. The minimum absolute atomic E-state index is 1.14. The zero-order chi connectivity index (χ0) is 10.2. The molecule has 14 heavy (non-hydrogen) atoms. The molecule has 0 aliphatic carbocycles. The van der Waals surface area contributed by atoms with Crippen LogP contribution < -0.4 is 0 Å². The number of hydrogen-bond acceptors (Lipinski definition) is 2. The molecule has 0 saturated carbocycles. The molecule has 0 spiro atoms. The lowest BCUT2D eigenvalue weighted by molar-refractivity contribution is 1.00. The Morgan fingerprint density at radius 3 is 2.36 bits per heavy atom. The van der Waals surface area contributed by atoms with Gasteiger partial charge in [-0.2, -0.15) is 0 Å². The van der Waals surface area contributed by atoms with Gasteiger partial charge in [-0.1, -0.05) is 36.4 Å². The van der Waals surface area contributed by atoms with Crippen molar-refractivity contribution in [1.82, 2.24) is 0 Å². The predicted molar refractivity (Wildman–Crippen MR) is 69.9 cm³/mol. The summed E-state index contributed by atoms with van der Waals surface area (Å²) in [4.78, 5) is 0. The van der Waals surface area contributed by atoms with E-state index in [2.05, 4.69) is 48.9 Å². The minimum Gasteiger partial charge on any atom is -0.123 e. The van der Waals surface area contributed by atoms with E-state index >= 15 is 0 Å². The summed E-state index contributed by atoms with van der Waals surface area (Å²) in [5, 5.41) is 0. The van der Waals surface area contributed by atoms with E-state index in [0.717, 1.165) is 12.8 Å². The second kappa shape index (κ2) is 7.02. The van der Waals surface area contributed by atoms with Gasteiger partial charge < -0.3 is 0 Å². The van der Waals surface area contributed by atoms with Crippen molar-refractivity contribution in [1.29, 1.82) is 0 Å². The fourth-order valence-electron chi connectivity index (χ4n) is 1.25. The second-order valence-corrected chi connectivity index (χ2v) is 4.91. The van der Waals surface area contributed by atoms with Crippen molar-refractivity contribution in [2.24, 2.45) is 0 Å². The topological polar surface area (TPSA) is 0 Å². The maximum absolute atomic E-state index is 2.32. The molecule has 2 heteroatoms. The number of hydrogen-bond donors (Lipinski definition) is 0. The van der Waals surface area contributed by atoms with Gasteiger partial charge >= 0.3 is 0 Å².